The average Bonchev–Trinajstić information content (AvgIpc) is 2.68. The number of carbonyl (C=O) groups is 1. The molecule has 132 valence electrons. The summed E-state index contributed by atoms with van der Waals surface area (Å²) in [6.07, 6.45) is 1.76. The van der Waals surface area contributed by atoms with Crippen molar-refractivity contribution in [2.24, 2.45) is 0 Å². The maximum absolute atomic E-state index is 11.5. The van der Waals surface area contributed by atoms with Crippen molar-refractivity contribution in [1.29, 1.82) is 0 Å². The molecule has 0 heterocycles. The molecule has 4 heteroatoms. The Morgan fingerprint density at radius 1 is 0.923 bits per heavy atom. The molecule has 0 atom stereocenters. The molecule has 0 aliphatic carbocycles. The molecular weight excluding hydrogens is 326 g/mol. The number of aryl methyl sites for hydroxylation is 2. The number of ether oxygens (including phenoxy) is 1. The monoisotopic (exact) mass is 347 g/mol. The number of benzene rings is 3. The minimum Gasteiger partial charge on any atom is -0.497 e. The van der Waals surface area contributed by atoms with Crippen LogP contribution < -0.4 is 10.1 Å². The number of aromatic carboxylic acids is 1. The van der Waals surface area contributed by atoms with E-state index in [9.17, 15) is 9.90 Å². The number of carboxylic acid groups (broad SMARTS) is 1. The summed E-state index contributed by atoms with van der Waals surface area (Å²) in [5.41, 5.74) is 4.01. The van der Waals surface area contributed by atoms with Crippen molar-refractivity contribution in [1.82, 2.24) is 0 Å². The maximum atomic E-state index is 11.5. The molecule has 26 heavy (non-hydrogen) atoms. The number of hydrogen-bond donors (Lipinski definition) is 2. The van der Waals surface area contributed by atoms with E-state index in [0.29, 0.717) is 5.69 Å². The van der Waals surface area contributed by atoms with Gasteiger partial charge < -0.3 is 15.2 Å². The van der Waals surface area contributed by atoms with E-state index in [1.807, 2.05) is 54.6 Å². The third-order valence-corrected chi connectivity index (χ3v) is 4.23. The van der Waals surface area contributed by atoms with Crippen LogP contribution in [-0.2, 0) is 12.8 Å². The number of anilines is 2. The van der Waals surface area contributed by atoms with Gasteiger partial charge >= 0.3 is 5.97 Å². The van der Waals surface area contributed by atoms with Gasteiger partial charge in [0.05, 0.1) is 18.4 Å². The lowest BCUT2D eigenvalue weighted by Gasteiger charge is -2.12. The van der Waals surface area contributed by atoms with Gasteiger partial charge in [-0.1, -0.05) is 36.4 Å². The van der Waals surface area contributed by atoms with Gasteiger partial charge in [-0.3, -0.25) is 0 Å². The smallest absolute Gasteiger partial charge is 0.337 e. The van der Waals surface area contributed by atoms with Crippen LogP contribution in [0.5, 0.6) is 5.75 Å². The molecule has 0 aliphatic rings. The number of hydrogen-bond acceptors (Lipinski definition) is 3. The molecule has 0 fully saturated rings. The third-order valence-electron chi connectivity index (χ3n) is 4.23. The van der Waals surface area contributed by atoms with Gasteiger partial charge in [0.25, 0.3) is 0 Å². The number of methoxy groups -OCH3 is 1. The Bertz CT molecular complexity index is 874. The van der Waals surface area contributed by atoms with E-state index in [-0.39, 0.29) is 5.56 Å². The molecule has 0 aliphatic heterocycles. The first-order valence-corrected chi connectivity index (χ1v) is 8.47. The minimum atomic E-state index is -0.948. The van der Waals surface area contributed by atoms with Gasteiger partial charge in [0.1, 0.15) is 5.75 Å². The van der Waals surface area contributed by atoms with Gasteiger partial charge in [-0.25, -0.2) is 4.79 Å². The Hall–Kier alpha value is -3.27. The van der Waals surface area contributed by atoms with Crippen LogP contribution in [0.1, 0.15) is 21.5 Å². The second-order valence-corrected chi connectivity index (χ2v) is 6.02. The van der Waals surface area contributed by atoms with E-state index in [0.717, 1.165) is 29.8 Å². The molecule has 2 N–H and O–H groups in total. The number of nitrogens with one attached hydrogen (secondary N) is 1. The predicted octanol–water partition coefficient (Wildman–Crippen LogP) is 4.92. The van der Waals surface area contributed by atoms with Crippen molar-refractivity contribution >= 4 is 17.3 Å². The molecule has 0 bridgehead atoms. The van der Waals surface area contributed by atoms with E-state index in [1.165, 1.54) is 5.56 Å². The fourth-order valence-corrected chi connectivity index (χ4v) is 2.80. The quantitative estimate of drug-likeness (QED) is 0.637. The van der Waals surface area contributed by atoms with Crippen LogP contribution in [0.25, 0.3) is 0 Å². The van der Waals surface area contributed by atoms with Crippen LogP contribution >= 0.6 is 0 Å². The minimum absolute atomic E-state index is 0.254. The zero-order chi connectivity index (χ0) is 18.4. The second kappa shape index (κ2) is 8.21. The van der Waals surface area contributed by atoms with E-state index in [4.69, 9.17) is 4.74 Å². The van der Waals surface area contributed by atoms with Crippen LogP contribution in [0, 0.1) is 0 Å². The fraction of sp³-hybridized carbons (Fsp3) is 0.136. The Labute approximate surface area is 153 Å². The third kappa shape index (κ3) is 4.42. The summed E-state index contributed by atoms with van der Waals surface area (Å²) in [4.78, 5) is 11.5. The van der Waals surface area contributed by atoms with Crippen molar-refractivity contribution in [3.63, 3.8) is 0 Å². The zero-order valence-electron chi connectivity index (χ0n) is 14.6. The van der Waals surface area contributed by atoms with Crippen LogP contribution in [0.15, 0.2) is 72.8 Å². The molecule has 0 aromatic heterocycles. The normalized spacial score (nSPS) is 10.3. The summed E-state index contributed by atoms with van der Waals surface area (Å²) in [5.74, 6) is -0.193. The highest BCUT2D eigenvalue weighted by Crippen LogP contribution is 2.25. The van der Waals surface area contributed by atoms with Gasteiger partial charge in [0.15, 0.2) is 0 Å². The van der Waals surface area contributed by atoms with Gasteiger partial charge in [-0.05, 0) is 60.4 Å². The Kier molecular flexibility index (Phi) is 5.54. The van der Waals surface area contributed by atoms with Crippen molar-refractivity contribution < 1.29 is 14.6 Å². The topological polar surface area (TPSA) is 58.6 Å². The summed E-state index contributed by atoms with van der Waals surface area (Å²) in [6.45, 7) is 0. The first-order valence-electron chi connectivity index (χ1n) is 8.47. The van der Waals surface area contributed by atoms with E-state index < -0.39 is 5.97 Å². The summed E-state index contributed by atoms with van der Waals surface area (Å²) in [5, 5.41) is 12.7. The highest BCUT2D eigenvalue weighted by Gasteiger charge is 2.11. The molecule has 3 aromatic rings. The van der Waals surface area contributed by atoms with Gasteiger partial charge in [-0.15, -0.1) is 0 Å². The van der Waals surface area contributed by atoms with Gasteiger partial charge in [0, 0.05) is 5.69 Å². The highest BCUT2D eigenvalue weighted by molar-refractivity contribution is 5.95. The SMILES string of the molecule is COc1ccc(Nc2cc(CCc3ccccc3)ccc2C(=O)O)cc1. The molecule has 0 radical (unpaired) electrons. The van der Waals surface area contributed by atoms with E-state index in [2.05, 4.69) is 17.4 Å². The van der Waals surface area contributed by atoms with E-state index in [1.54, 1.807) is 13.2 Å². The Morgan fingerprint density at radius 2 is 1.62 bits per heavy atom. The van der Waals surface area contributed by atoms with E-state index >= 15 is 0 Å². The predicted molar refractivity (Wildman–Crippen MR) is 104 cm³/mol. The van der Waals surface area contributed by atoms with Crippen LogP contribution in [-0.4, -0.2) is 18.2 Å². The molecule has 0 saturated carbocycles. The van der Waals surface area contributed by atoms with Crippen molar-refractivity contribution in [3.8, 4) is 5.75 Å². The molecule has 3 aromatic carbocycles. The summed E-state index contributed by atoms with van der Waals surface area (Å²) in [7, 11) is 1.61. The molecule has 0 saturated heterocycles. The lowest BCUT2D eigenvalue weighted by Crippen LogP contribution is -2.04. The molecule has 0 amide bonds. The average molecular weight is 347 g/mol. The fourth-order valence-electron chi connectivity index (χ4n) is 2.80. The Morgan fingerprint density at radius 3 is 2.27 bits per heavy atom. The lowest BCUT2D eigenvalue weighted by atomic mass is 10.0. The maximum Gasteiger partial charge on any atom is 0.337 e. The molecule has 4 nitrogen and oxygen atoms in total. The second-order valence-electron chi connectivity index (χ2n) is 6.02. The van der Waals surface area contributed by atoms with Crippen LogP contribution in [0.4, 0.5) is 11.4 Å². The molecule has 0 spiro atoms. The van der Waals surface area contributed by atoms with Crippen LogP contribution in [0.2, 0.25) is 0 Å². The Balaban J connectivity index is 1.80. The summed E-state index contributed by atoms with van der Waals surface area (Å²) < 4.78 is 5.15. The molecular formula is C22H21NO3. The zero-order valence-corrected chi connectivity index (χ0v) is 14.6. The lowest BCUT2D eigenvalue weighted by molar-refractivity contribution is 0.0698. The van der Waals surface area contributed by atoms with Crippen molar-refractivity contribution in [2.45, 2.75) is 12.8 Å². The summed E-state index contributed by atoms with van der Waals surface area (Å²) >= 11 is 0. The largest absolute Gasteiger partial charge is 0.497 e. The highest BCUT2D eigenvalue weighted by atomic mass is 16.5. The van der Waals surface area contributed by atoms with Gasteiger partial charge in [-0.2, -0.15) is 0 Å². The van der Waals surface area contributed by atoms with Gasteiger partial charge in [0.2, 0.25) is 0 Å². The number of carboxylic acids is 1. The molecule has 3 rings (SSSR count). The standard InChI is InChI=1S/C22H21NO3/c1-26-19-12-10-18(11-13-19)23-21-15-17(9-14-20(21)22(24)25)8-7-16-5-3-2-4-6-16/h2-6,9-15,23H,7-8H2,1H3,(H,24,25). The van der Waals surface area contributed by atoms with Crippen LogP contribution in [0.3, 0.4) is 0 Å². The van der Waals surface area contributed by atoms with Crippen molar-refractivity contribution in [3.05, 3.63) is 89.5 Å². The molecule has 0 unspecified atom stereocenters. The van der Waals surface area contributed by atoms with Crippen molar-refractivity contribution in [2.75, 3.05) is 12.4 Å². The first-order chi connectivity index (χ1) is 12.7. The first kappa shape index (κ1) is 17.5. The number of rotatable bonds is 7. The summed E-state index contributed by atoms with van der Waals surface area (Å²) in [6, 6.07) is 23.1.